The number of hydrogen-bond acceptors (Lipinski definition) is 4. The third-order valence-electron chi connectivity index (χ3n) is 4.11. The molecule has 1 amide bonds. The molecule has 5 nitrogen and oxygen atoms in total. The maximum atomic E-state index is 12.4. The standard InChI is InChI=1S/C18H21NO4S/c1-5-18(3,17(21)22)19-16(20)15-10-14(11(2)24-15)12-6-8-13(23-4)9-7-12/h6-10H,5H2,1-4H3,(H,19,20)(H,21,22). The molecule has 0 spiro atoms. The van der Waals surface area contributed by atoms with Crippen LogP contribution in [0.1, 0.15) is 34.8 Å². The molecule has 1 heterocycles. The molecule has 0 bridgehead atoms. The highest BCUT2D eigenvalue weighted by molar-refractivity contribution is 7.14. The molecule has 1 aromatic heterocycles. The van der Waals surface area contributed by atoms with Crippen LogP contribution in [0.2, 0.25) is 0 Å². The van der Waals surface area contributed by atoms with Gasteiger partial charge >= 0.3 is 5.97 Å². The molecule has 0 fully saturated rings. The zero-order valence-electron chi connectivity index (χ0n) is 14.2. The minimum Gasteiger partial charge on any atom is -0.497 e. The zero-order chi connectivity index (χ0) is 17.9. The number of methoxy groups -OCH3 is 1. The average molecular weight is 347 g/mol. The van der Waals surface area contributed by atoms with E-state index in [1.807, 2.05) is 31.2 Å². The molecule has 0 aliphatic rings. The Labute approximate surface area is 145 Å². The summed E-state index contributed by atoms with van der Waals surface area (Å²) < 4.78 is 5.15. The first-order valence-electron chi connectivity index (χ1n) is 7.61. The molecule has 0 saturated heterocycles. The number of benzene rings is 1. The van der Waals surface area contributed by atoms with Crippen molar-refractivity contribution in [3.05, 3.63) is 40.1 Å². The molecule has 0 radical (unpaired) electrons. The number of rotatable bonds is 6. The first-order chi connectivity index (χ1) is 11.3. The maximum absolute atomic E-state index is 12.4. The highest BCUT2D eigenvalue weighted by Crippen LogP contribution is 2.32. The van der Waals surface area contributed by atoms with E-state index in [0.717, 1.165) is 21.8 Å². The summed E-state index contributed by atoms with van der Waals surface area (Å²) in [5.41, 5.74) is 0.677. The number of thiophene rings is 1. The summed E-state index contributed by atoms with van der Waals surface area (Å²) in [6, 6.07) is 9.40. The predicted octanol–water partition coefficient (Wildman–Crippen LogP) is 3.72. The van der Waals surface area contributed by atoms with Crippen molar-refractivity contribution < 1.29 is 19.4 Å². The van der Waals surface area contributed by atoms with Crippen LogP contribution in [0.5, 0.6) is 5.75 Å². The predicted molar refractivity (Wildman–Crippen MR) is 94.8 cm³/mol. The number of amides is 1. The average Bonchev–Trinajstić information content (AvgIpc) is 2.96. The van der Waals surface area contributed by atoms with Crippen molar-refractivity contribution in [3.63, 3.8) is 0 Å². The lowest BCUT2D eigenvalue weighted by Gasteiger charge is -2.24. The lowest BCUT2D eigenvalue weighted by Crippen LogP contribution is -2.51. The van der Waals surface area contributed by atoms with Gasteiger partial charge < -0.3 is 15.2 Å². The Morgan fingerprint density at radius 2 is 1.92 bits per heavy atom. The number of carboxylic acid groups (broad SMARTS) is 1. The number of carboxylic acids is 1. The molecule has 2 aromatic rings. The number of nitrogens with one attached hydrogen (secondary N) is 1. The number of hydrogen-bond donors (Lipinski definition) is 2. The van der Waals surface area contributed by atoms with Crippen molar-refractivity contribution in [1.29, 1.82) is 0 Å². The fourth-order valence-corrected chi connectivity index (χ4v) is 3.19. The van der Waals surface area contributed by atoms with Gasteiger partial charge in [0, 0.05) is 4.88 Å². The second-order valence-corrected chi connectivity index (χ2v) is 7.01. The smallest absolute Gasteiger partial charge is 0.329 e. The van der Waals surface area contributed by atoms with Gasteiger partial charge in [-0.1, -0.05) is 19.1 Å². The van der Waals surface area contributed by atoms with E-state index in [1.54, 1.807) is 20.1 Å². The molecule has 1 aromatic carbocycles. The molecule has 2 rings (SSSR count). The second-order valence-electron chi connectivity index (χ2n) is 5.75. The third kappa shape index (κ3) is 3.59. The number of aryl methyl sites for hydroxylation is 1. The molecule has 128 valence electrons. The molecule has 1 unspecified atom stereocenters. The number of aliphatic carboxylic acids is 1. The third-order valence-corrected chi connectivity index (χ3v) is 5.16. The second kappa shape index (κ2) is 7.05. The van der Waals surface area contributed by atoms with Gasteiger partial charge in [0.05, 0.1) is 12.0 Å². The van der Waals surface area contributed by atoms with Crippen LogP contribution >= 0.6 is 11.3 Å². The van der Waals surface area contributed by atoms with E-state index in [0.29, 0.717) is 11.3 Å². The zero-order valence-corrected chi connectivity index (χ0v) is 15.0. The molecule has 0 aliphatic carbocycles. The highest BCUT2D eigenvalue weighted by atomic mass is 32.1. The van der Waals surface area contributed by atoms with Crippen LogP contribution in [-0.4, -0.2) is 29.6 Å². The molecular weight excluding hydrogens is 326 g/mol. The van der Waals surface area contributed by atoms with Gasteiger partial charge in [0.2, 0.25) is 0 Å². The van der Waals surface area contributed by atoms with Crippen LogP contribution in [-0.2, 0) is 4.79 Å². The van der Waals surface area contributed by atoms with Gasteiger partial charge in [-0.3, -0.25) is 4.79 Å². The van der Waals surface area contributed by atoms with E-state index >= 15 is 0 Å². The van der Waals surface area contributed by atoms with Gasteiger partial charge in [-0.25, -0.2) is 4.79 Å². The Hall–Kier alpha value is -2.34. The van der Waals surface area contributed by atoms with Gasteiger partial charge in [0.1, 0.15) is 11.3 Å². The molecule has 1 atom stereocenters. The van der Waals surface area contributed by atoms with Crippen LogP contribution in [0.4, 0.5) is 0 Å². The summed E-state index contributed by atoms with van der Waals surface area (Å²) in [6.45, 7) is 5.19. The van der Waals surface area contributed by atoms with Crippen molar-refractivity contribution in [2.45, 2.75) is 32.7 Å². The fraction of sp³-hybridized carbons (Fsp3) is 0.333. The fourth-order valence-electron chi connectivity index (χ4n) is 2.26. The first-order valence-corrected chi connectivity index (χ1v) is 8.43. The summed E-state index contributed by atoms with van der Waals surface area (Å²) in [4.78, 5) is 25.3. The van der Waals surface area contributed by atoms with Crippen molar-refractivity contribution in [3.8, 4) is 16.9 Å². The first kappa shape index (κ1) is 18.0. The number of ether oxygens (including phenoxy) is 1. The SMILES string of the molecule is CCC(C)(NC(=O)c1cc(-c2ccc(OC)cc2)c(C)s1)C(=O)O. The Bertz CT molecular complexity index is 751. The van der Waals surface area contributed by atoms with Crippen LogP contribution < -0.4 is 10.1 Å². The van der Waals surface area contributed by atoms with E-state index in [-0.39, 0.29) is 5.91 Å². The van der Waals surface area contributed by atoms with Crippen LogP contribution in [0.25, 0.3) is 11.1 Å². The molecule has 0 aliphatic heterocycles. The minimum absolute atomic E-state index is 0.309. The summed E-state index contributed by atoms with van der Waals surface area (Å²) in [5.74, 6) is -0.638. The van der Waals surface area contributed by atoms with Crippen molar-refractivity contribution in [2.24, 2.45) is 0 Å². The van der Waals surface area contributed by atoms with Crippen LogP contribution in [0.15, 0.2) is 30.3 Å². The maximum Gasteiger partial charge on any atom is 0.329 e. The van der Waals surface area contributed by atoms with E-state index in [9.17, 15) is 14.7 Å². The Morgan fingerprint density at radius 1 is 1.29 bits per heavy atom. The molecule has 2 N–H and O–H groups in total. The molecule has 6 heteroatoms. The summed E-state index contributed by atoms with van der Waals surface area (Å²) in [5, 5.41) is 11.9. The van der Waals surface area contributed by atoms with Gasteiger partial charge in [-0.15, -0.1) is 11.3 Å². The lowest BCUT2D eigenvalue weighted by atomic mass is 9.99. The van der Waals surface area contributed by atoms with Gasteiger partial charge in [0.25, 0.3) is 5.91 Å². The summed E-state index contributed by atoms with van der Waals surface area (Å²) >= 11 is 1.35. The van der Waals surface area contributed by atoms with Gasteiger partial charge in [0.15, 0.2) is 0 Å². The highest BCUT2D eigenvalue weighted by Gasteiger charge is 2.33. The Balaban J connectivity index is 2.27. The minimum atomic E-state index is -1.27. The van der Waals surface area contributed by atoms with E-state index < -0.39 is 11.5 Å². The van der Waals surface area contributed by atoms with E-state index in [2.05, 4.69) is 5.32 Å². The molecular formula is C18H21NO4S. The Morgan fingerprint density at radius 3 is 2.42 bits per heavy atom. The quantitative estimate of drug-likeness (QED) is 0.835. The summed E-state index contributed by atoms with van der Waals surface area (Å²) in [7, 11) is 1.61. The molecule has 0 saturated carbocycles. The van der Waals surface area contributed by atoms with Crippen LogP contribution in [0.3, 0.4) is 0 Å². The van der Waals surface area contributed by atoms with Crippen LogP contribution in [0, 0.1) is 6.92 Å². The van der Waals surface area contributed by atoms with Crippen molar-refractivity contribution in [1.82, 2.24) is 5.32 Å². The number of carbonyl (C=O) groups is 2. The topological polar surface area (TPSA) is 75.6 Å². The summed E-state index contributed by atoms with van der Waals surface area (Å²) in [6.07, 6.45) is 0.309. The van der Waals surface area contributed by atoms with E-state index in [1.165, 1.54) is 18.3 Å². The van der Waals surface area contributed by atoms with Crippen molar-refractivity contribution in [2.75, 3.05) is 7.11 Å². The monoisotopic (exact) mass is 347 g/mol. The normalized spacial score (nSPS) is 13.2. The molecule has 24 heavy (non-hydrogen) atoms. The Kier molecular flexibility index (Phi) is 5.29. The largest absolute Gasteiger partial charge is 0.497 e. The lowest BCUT2D eigenvalue weighted by molar-refractivity contribution is -0.143. The van der Waals surface area contributed by atoms with Gasteiger partial charge in [-0.05, 0) is 49.6 Å². The van der Waals surface area contributed by atoms with Gasteiger partial charge in [-0.2, -0.15) is 0 Å². The van der Waals surface area contributed by atoms with E-state index in [4.69, 9.17) is 4.74 Å². The van der Waals surface area contributed by atoms with Crippen molar-refractivity contribution >= 4 is 23.2 Å². The number of carbonyl (C=O) groups excluding carboxylic acids is 1.